The molecule has 1 amide bonds. The van der Waals surface area contributed by atoms with Crippen molar-refractivity contribution in [1.29, 1.82) is 0 Å². The Hall–Kier alpha value is -2.54. The quantitative estimate of drug-likeness (QED) is 0.607. The van der Waals surface area contributed by atoms with Crippen LogP contribution in [0.4, 0.5) is 0 Å². The Kier molecular flexibility index (Phi) is 6.24. The Morgan fingerprint density at radius 3 is 2.57 bits per heavy atom. The fourth-order valence-corrected chi connectivity index (χ4v) is 3.65. The van der Waals surface area contributed by atoms with Crippen molar-refractivity contribution < 1.29 is 9.21 Å². The molecule has 3 aromatic rings. The van der Waals surface area contributed by atoms with Crippen LogP contribution >= 0.6 is 11.8 Å². The van der Waals surface area contributed by atoms with Crippen molar-refractivity contribution >= 4 is 17.7 Å². The summed E-state index contributed by atoms with van der Waals surface area (Å²) in [5.41, 5.74) is 1.91. The average Bonchev–Trinajstić information content (AvgIpc) is 3.23. The van der Waals surface area contributed by atoms with Crippen LogP contribution in [0, 0.1) is 6.92 Å². The van der Waals surface area contributed by atoms with Crippen molar-refractivity contribution in [3.8, 4) is 11.4 Å². The van der Waals surface area contributed by atoms with E-state index in [0.717, 1.165) is 35.3 Å². The van der Waals surface area contributed by atoms with Gasteiger partial charge in [-0.1, -0.05) is 42.1 Å². The molecule has 0 atom stereocenters. The molecule has 148 valence electrons. The third-order valence-electron chi connectivity index (χ3n) is 4.13. The van der Waals surface area contributed by atoms with Gasteiger partial charge >= 0.3 is 0 Å². The lowest BCUT2D eigenvalue weighted by Crippen LogP contribution is -2.41. The van der Waals surface area contributed by atoms with Gasteiger partial charge in [-0.3, -0.25) is 4.79 Å². The standard InChI is InChI=1S/C21H26N4O2S/c1-15-17(11-13-27-15)19-23-24-20(28-14-18(26)22-21(2,3)4)25(19)12-10-16-8-6-5-7-9-16/h5-9,11,13H,10,12,14H2,1-4H3,(H,22,26). The van der Waals surface area contributed by atoms with E-state index in [-0.39, 0.29) is 11.4 Å². The molecule has 1 N–H and O–H groups in total. The SMILES string of the molecule is Cc1occc1-c1nnc(SCC(=O)NC(C)(C)C)n1CCc1ccccc1. The molecule has 3 rings (SSSR count). The maximum absolute atomic E-state index is 12.2. The number of hydrogen-bond acceptors (Lipinski definition) is 5. The first-order valence-corrected chi connectivity index (χ1v) is 10.3. The summed E-state index contributed by atoms with van der Waals surface area (Å²) >= 11 is 1.40. The van der Waals surface area contributed by atoms with Gasteiger partial charge in [-0.25, -0.2) is 0 Å². The number of benzene rings is 1. The molecule has 7 heteroatoms. The zero-order chi connectivity index (χ0) is 20.1. The monoisotopic (exact) mass is 398 g/mol. The molecule has 0 aliphatic carbocycles. The lowest BCUT2D eigenvalue weighted by molar-refractivity contribution is -0.119. The van der Waals surface area contributed by atoms with Gasteiger partial charge in [0.25, 0.3) is 0 Å². The van der Waals surface area contributed by atoms with Crippen LogP contribution in [0.2, 0.25) is 0 Å². The Labute approximate surface area is 169 Å². The van der Waals surface area contributed by atoms with Gasteiger partial charge in [0.1, 0.15) is 5.76 Å². The number of nitrogens with zero attached hydrogens (tertiary/aromatic N) is 3. The summed E-state index contributed by atoms with van der Waals surface area (Å²) < 4.78 is 7.52. The van der Waals surface area contributed by atoms with Gasteiger partial charge in [0, 0.05) is 12.1 Å². The predicted octanol–water partition coefficient (Wildman–Crippen LogP) is 4.10. The molecule has 28 heavy (non-hydrogen) atoms. The van der Waals surface area contributed by atoms with Crippen molar-refractivity contribution in [2.24, 2.45) is 0 Å². The van der Waals surface area contributed by atoms with Gasteiger partial charge in [0.2, 0.25) is 5.91 Å². The lowest BCUT2D eigenvalue weighted by atomic mass is 10.1. The van der Waals surface area contributed by atoms with E-state index >= 15 is 0 Å². The predicted molar refractivity (Wildman–Crippen MR) is 111 cm³/mol. The maximum Gasteiger partial charge on any atom is 0.230 e. The first-order valence-electron chi connectivity index (χ1n) is 9.29. The molecule has 0 spiro atoms. The van der Waals surface area contributed by atoms with Crippen molar-refractivity contribution in [3.63, 3.8) is 0 Å². The molecule has 0 aliphatic heterocycles. The van der Waals surface area contributed by atoms with E-state index in [0.29, 0.717) is 5.75 Å². The fraction of sp³-hybridized carbons (Fsp3) is 0.381. The van der Waals surface area contributed by atoms with Gasteiger partial charge in [-0.05, 0) is 45.7 Å². The average molecular weight is 399 g/mol. The highest BCUT2D eigenvalue weighted by molar-refractivity contribution is 7.99. The van der Waals surface area contributed by atoms with Gasteiger partial charge in [0.15, 0.2) is 11.0 Å². The summed E-state index contributed by atoms with van der Waals surface area (Å²) in [7, 11) is 0. The zero-order valence-electron chi connectivity index (χ0n) is 16.7. The largest absolute Gasteiger partial charge is 0.469 e. The van der Waals surface area contributed by atoms with E-state index in [2.05, 4.69) is 32.2 Å². The minimum Gasteiger partial charge on any atom is -0.469 e. The van der Waals surface area contributed by atoms with Crippen LogP contribution in [0.5, 0.6) is 0 Å². The fourth-order valence-electron chi connectivity index (χ4n) is 2.88. The summed E-state index contributed by atoms with van der Waals surface area (Å²) in [5.74, 6) is 1.85. The van der Waals surface area contributed by atoms with E-state index in [1.807, 2.05) is 52.0 Å². The molecule has 2 aromatic heterocycles. The minimum absolute atomic E-state index is 0.0175. The molecule has 0 unspecified atom stereocenters. The molecule has 1 aromatic carbocycles. The zero-order valence-corrected chi connectivity index (χ0v) is 17.5. The van der Waals surface area contributed by atoms with Crippen LogP contribution in [-0.2, 0) is 17.8 Å². The van der Waals surface area contributed by atoms with Crippen molar-refractivity contribution in [2.75, 3.05) is 5.75 Å². The molecule has 0 saturated carbocycles. The van der Waals surface area contributed by atoms with Crippen molar-refractivity contribution in [1.82, 2.24) is 20.1 Å². The molecular weight excluding hydrogens is 372 g/mol. The second kappa shape index (κ2) is 8.65. The highest BCUT2D eigenvalue weighted by Gasteiger charge is 2.19. The Bertz CT molecular complexity index is 926. The molecule has 0 aliphatic rings. The molecule has 0 radical (unpaired) electrons. The highest BCUT2D eigenvalue weighted by atomic mass is 32.2. The van der Waals surface area contributed by atoms with Gasteiger partial charge in [-0.15, -0.1) is 10.2 Å². The number of nitrogens with one attached hydrogen (secondary N) is 1. The second-order valence-corrected chi connectivity index (χ2v) is 8.61. The van der Waals surface area contributed by atoms with Crippen molar-refractivity contribution in [2.45, 2.75) is 51.4 Å². The summed E-state index contributed by atoms with van der Waals surface area (Å²) in [5, 5.41) is 12.4. The number of furan rings is 1. The molecule has 2 heterocycles. The third-order valence-corrected chi connectivity index (χ3v) is 5.10. The van der Waals surface area contributed by atoms with Gasteiger partial charge in [0.05, 0.1) is 17.6 Å². The van der Waals surface area contributed by atoms with Crippen LogP contribution < -0.4 is 5.32 Å². The summed E-state index contributed by atoms with van der Waals surface area (Å²) in [6.07, 6.45) is 2.51. The number of amides is 1. The first-order chi connectivity index (χ1) is 13.3. The number of hydrogen-bond donors (Lipinski definition) is 1. The van der Waals surface area contributed by atoms with Crippen molar-refractivity contribution in [3.05, 3.63) is 54.0 Å². The lowest BCUT2D eigenvalue weighted by Gasteiger charge is -2.20. The maximum atomic E-state index is 12.2. The Morgan fingerprint density at radius 2 is 1.93 bits per heavy atom. The van der Waals surface area contributed by atoms with E-state index in [9.17, 15) is 4.79 Å². The van der Waals surface area contributed by atoms with Crippen LogP contribution in [0.25, 0.3) is 11.4 Å². The summed E-state index contributed by atoms with van der Waals surface area (Å²) in [4.78, 5) is 12.2. The Balaban J connectivity index is 1.80. The molecule has 0 bridgehead atoms. The number of carbonyl (C=O) groups is 1. The van der Waals surface area contributed by atoms with Crippen LogP contribution in [0.1, 0.15) is 32.1 Å². The highest BCUT2D eigenvalue weighted by Crippen LogP contribution is 2.27. The van der Waals surface area contributed by atoms with Crippen LogP contribution in [0.3, 0.4) is 0 Å². The summed E-state index contributed by atoms with van der Waals surface area (Å²) in [6.45, 7) is 8.54. The topological polar surface area (TPSA) is 72.9 Å². The van der Waals surface area contributed by atoms with Gasteiger partial charge < -0.3 is 14.3 Å². The minimum atomic E-state index is -0.252. The second-order valence-electron chi connectivity index (χ2n) is 7.67. The van der Waals surface area contributed by atoms with E-state index in [1.165, 1.54) is 17.3 Å². The van der Waals surface area contributed by atoms with Crippen LogP contribution in [-0.4, -0.2) is 32.0 Å². The molecular formula is C21H26N4O2S. The molecule has 0 saturated heterocycles. The Morgan fingerprint density at radius 1 is 1.18 bits per heavy atom. The van der Waals surface area contributed by atoms with Crippen LogP contribution in [0.15, 0.2) is 52.2 Å². The number of carbonyl (C=O) groups excluding carboxylic acids is 1. The van der Waals surface area contributed by atoms with E-state index in [4.69, 9.17) is 4.42 Å². The van der Waals surface area contributed by atoms with E-state index in [1.54, 1.807) is 6.26 Å². The number of rotatable bonds is 7. The number of aryl methyl sites for hydroxylation is 2. The third kappa shape index (κ3) is 5.25. The number of aromatic nitrogens is 3. The normalized spacial score (nSPS) is 11.6. The smallest absolute Gasteiger partial charge is 0.230 e. The summed E-state index contributed by atoms with van der Waals surface area (Å²) in [6, 6.07) is 12.2. The van der Waals surface area contributed by atoms with E-state index < -0.39 is 0 Å². The molecule has 6 nitrogen and oxygen atoms in total. The molecule has 0 fully saturated rings. The van der Waals surface area contributed by atoms with Gasteiger partial charge in [-0.2, -0.15) is 0 Å². The first kappa shape index (κ1) is 20.2. The number of thioether (sulfide) groups is 1.